The summed E-state index contributed by atoms with van der Waals surface area (Å²) in [6.45, 7) is 2.05. The van der Waals surface area contributed by atoms with Gasteiger partial charge in [-0.2, -0.15) is 11.3 Å². The van der Waals surface area contributed by atoms with Crippen LogP contribution in [0.4, 0.5) is 0 Å². The fourth-order valence-corrected chi connectivity index (χ4v) is 2.81. The molecule has 1 aromatic heterocycles. The Hall–Kier alpha value is -2.80. The maximum atomic E-state index is 12.1. The third kappa shape index (κ3) is 4.60. The molecule has 130 valence electrons. The third-order valence-electron chi connectivity index (χ3n) is 3.52. The van der Waals surface area contributed by atoms with Gasteiger partial charge in [0.1, 0.15) is 0 Å². The van der Waals surface area contributed by atoms with Gasteiger partial charge >= 0.3 is 5.97 Å². The molecule has 1 aliphatic heterocycles. The quantitative estimate of drug-likeness (QED) is 0.634. The molecular formula is C18H17NO5S. The van der Waals surface area contributed by atoms with Gasteiger partial charge in [0.2, 0.25) is 6.79 Å². The summed E-state index contributed by atoms with van der Waals surface area (Å²) in [5.74, 6) is 0.423. The number of rotatable bonds is 6. The van der Waals surface area contributed by atoms with E-state index in [2.05, 4.69) is 5.32 Å². The van der Waals surface area contributed by atoms with Crippen molar-refractivity contribution in [3.63, 3.8) is 0 Å². The Labute approximate surface area is 149 Å². The average Bonchev–Trinajstić information content (AvgIpc) is 3.28. The first-order valence-electron chi connectivity index (χ1n) is 7.69. The number of thiophene rings is 1. The number of nitrogens with one attached hydrogen (secondary N) is 1. The molecule has 0 saturated carbocycles. The van der Waals surface area contributed by atoms with Crippen LogP contribution in [0.3, 0.4) is 0 Å². The Bertz CT molecular complexity index is 785. The molecule has 6 nitrogen and oxygen atoms in total. The minimum Gasteiger partial charge on any atom is -0.454 e. The van der Waals surface area contributed by atoms with Crippen LogP contribution in [0.1, 0.15) is 18.1 Å². The van der Waals surface area contributed by atoms with Crippen LogP contribution in [0.5, 0.6) is 11.5 Å². The molecule has 7 heteroatoms. The summed E-state index contributed by atoms with van der Waals surface area (Å²) in [5, 5.41) is 6.55. The lowest BCUT2D eigenvalue weighted by atomic mass is 10.2. The van der Waals surface area contributed by atoms with Crippen LogP contribution >= 0.6 is 11.3 Å². The fraction of sp³-hybridized carbons (Fsp3) is 0.222. The molecule has 0 fully saturated rings. The third-order valence-corrected chi connectivity index (χ3v) is 4.22. The van der Waals surface area contributed by atoms with Gasteiger partial charge in [-0.15, -0.1) is 0 Å². The monoisotopic (exact) mass is 359 g/mol. The molecule has 1 amide bonds. The molecular weight excluding hydrogens is 342 g/mol. The highest BCUT2D eigenvalue weighted by atomic mass is 32.1. The molecule has 0 aliphatic carbocycles. The van der Waals surface area contributed by atoms with Crippen LogP contribution in [-0.2, 0) is 20.9 Å². The number of carbonyl (C=O) groups excluding carboxylic acids is 2. The number of carbonyl (C=O) groups is 2. The van der Waals surface area contributed by atoms with Gasteiger partial charge in [-0.1, -0.05) is 6.07 Å². The Kier molecular flexibility index (Phi) is 5.35. The number of hydrogen-bond donors (Lipinski definition) is 1. The van der Waals surface area contributed by atoms with Crippen LogP contribution in [0.2, 0.25) is 0 Å². The highest BCUT2D eigenvalue weighted by Gasteiger charge is 2.17. The van der Waals surface area contributed by atoms with Crippen LogP contribution < -0.4 is 14.8 Å². The number of benzene rings is 1. The molecule has 3 rings (SSSR count). The normalized spacial score (nSPS) is 13.6. The zero-order valence-electron chi connectivity index (χ0n) is 13.6. The maximum Gasteiger partial charge on any atom is 0.331 e. The van der Waals surface area contributed by atoms with E-state index < -0.39 is 12.1 Å². The maximum absolute atomic E-state index is 12.1. The van der Waals surface area contributed by atoms with E-state index >= 15 is 0 Å². The molecule has 1 N–H and O–H groups in total. The molecule has 1 atom stereocenters. The lowest BCUT2D eigenvalue weighted by Gasteiger charge is -2.12. The smallest absolute Gasteiger partial charge is 0.331 e. The number of amides is 1. The van der Waals surface area contributed by atoms with E-state index in [1.165, 1.54) is 24.3 Å². The van der Waals surface area contributed by atoms with Gasteiger partial charge in [0.25, 0.3) is 5.91 Å². The minimum absolute atomic E-state index is 0.205. The molecule has 2 aromatic rings. The van der Waals surface area contributed by atoms with Gasteiger partial charge in [-0.3, -0.25) is 4.79 Å². The highest BCUT2D eigenvalue weighted by molar-refractivity contribution is 7.08. The zero-order chi connectivity index (χ0) is 17.6. The zero-order valence-corrected chi connectivity index (χ0v) is 14.4. The SMILES string of the molecule is C[C@@H](OC(=O)/C=C/c1ccsc1)C(=O)NCc1ccc2c(c1)OCO2. The molecule has 25 heavy (non-hydrogen) atoms. The first-order chi connectivity index (χ1) is 12.1. The van der Waals surface area contributed by atoms with E-state index in [4.69, 9.17) is 14.2 Å². The molecule has 2 heterocycles. The van der Waals surface area contributed by atoms with Gasteiger partial charge in [0.15, 0.2) is 17.6 Å². The van der Waals surface area contributed by atoms with Gasteiger partial charge in [-0.25, -0.2) is 4.79 Å². The van der Waals surface area contributed by atoms with Crippen LogP contribution in [0.15, 0.2) is 41.1 Å². The summed E-state index contributed by atoms with van der Waals surface area (Å²) in [6, 6.07) is 7.33. The molecule has 0 spiro atoms. The van der Waals surface area contributed by atoms with Crippen molar-refractivity contribution in [1.29, 1.82) is 0 Å². The van der Waals surface area contributed by atoms with E-state index in [1.807, 2.05) is 29.0 Å². The van der Waals surface area contributed by atoms with Crippen molar-refractivity contribution >= 4 is 29.3 Å². The topological polar surface area (TPSA) is 73.9 Å². The van der Waals surface area contributed by atoms with E-state index in [9.17, 15) is 9.59 Å². The van der Waals surface area contributed by atoms with Gasteiger partial charge < -0.3 is 19.5 Å². The number of esters is 1. The van der Waals surface area contributed by atoms with E-state index in [0.29, 0.717) is 18.0 Å². The van der Waals surface area contributed by atoms with Crippen molar-refractivity contribution in [2.75, 3.05) is 6.79 Å². The Morgan fingerprint density at radius 3 is 2.96 bits per heavy atom. The van der Waals surface area contributed by atoms with Gasteiger partial charge in [0.05, 0.1) is 0 Å². The summed E-state index contributed by atoms with van der Waals surface area (Å²) >= 11 is 1.54. The molecule has 1 aromatic carbocycles. The second-order valence-corrected chi connectivity index (χ2v) is 6.15. The molecule has 0 bridgehead atoms. The number of ether oxygens (including phenoxy) is 3. The minimum atomic E-state index is -0.881. The van der Waals surface area contributed by atoms with Crippen molar-refractivity contribution in [3.05, 3.63) is 52.2 Å². The lowest BCUT2D eigenvalue weighted by Crippen LogP contribution is -2.35. The largest absolute Gasteiger partial charge is 0.454 e. The lowest BCUT2D eigenvalue weighted by molar-refractivity contribution is -0.150. The summed E-state index contributed by atoms with van der Waals surface area (Å²) < 4.78 is 15.6. The predicted molar refractivity (Wildman–Crippen MR) is 93.3 cm³/mol. The highest BCUT2D eigenvalue weighted by Crippen LogP contribution is 2.32. The molecule has 0 saturated heterocycles. The van der Waals surface area contributed by atoms with E-state index in [-0.39, 0.29) is 12.7 Å². The van der Waals surface area contributed by atoms with E-state index in [0.717, 1.165) is 11.1 Å². The molecule has 0 radical (unpaired) electrons. The van der Waals surface area contributed by atoms with Crippen molar-refractivity contribution in [2.24, 2.45) is 0 Å². The first kappa shape index (κ1) is 17.0. The Morgan fingerprint density at radius 2 is 2.16 bits per heavy atom. The van der Waals surface area contributed by atoms with Crippen molar-refractivity contribution in [3.8, 4) is 11.5 Å². The summed E-state index contributed by atoms with van der Waals surface area (Å²) in [7, 11) is 0. The van der Waals surface area contributed by atoms with Crippen LogP contribution in [0, 0.1) is 0 Å². The first-order valence-corrected chi connectivity index (χ1v) is 8.63. The Balaban J connectivity index is 1.46. The van der Waals surface area contributed by atoms with Crippen LogP contribution in [-0.4, -0.2) is 24.8 Å². The average molecular weight is 359 g/mol. The second-order valence-electron chi connectivity index (χ2n) is 5.37. The number of hydrogen-bond acceptors (Lipinski definition) is 6. The fourth-order valence-electron chi connectivity index (χ4n) is 2.18. The van der Waals surface area contributed by atoms with Crippen molar-refractivity contribution in [2.45, 2.75) is 19.6 Å². The van der Waals surface area contributed by atoms with Gasteiger partial charge in [0, 0.05) is 12.6 Å². The molecule has 1 aliphatic rings. The number of fused-ring (bicyclic) bond motifs is 1. The summed E-state index contributed by atoms with van der Waals surface area (Å²) in [6.07, 6.45) is 2.08. The molecule has 0 unspecified atom stereocenters. The van der Waals surface area contributed by atoms with Gasteiger partial charge in [-0.05, 0) is 53.1 Å². The predicted octanol–water partition coefficient (Wildman–Crippen LogP) is 2.74. The van der Waals surface area contributed by atoms with E-state index in [1.54, 1.807) is 12.1 Å². The Morgan fingerprint density at radius 1 is 1.32 bits per heavy atom. The van der Waals surface area contributed by atoms with Crippen molar-refractivity contribution < 1.29 is 23.8 Å². The van der Waals surface area contributed by atoms with Crippen molar-refractivity contribution in [1.82, 2.24) is 5.32 Å². The summed E-state index contributed by atoms with van der Waals surface area (Å²) in [5.41, 5.74) is 1.79. The second kappa shape index (κ2) is 7.85. The summed E-state index contributed by atoms with van der Waals surface area (Å²) in [4.78, 5) is 23.8. The standard InChI is InChI=1S/C18H17NO5S/c1-12(24-17(20)5-3-13-6-7-25-10-13)18(21)19-9-14-2-4-15-16(8-14)23-11-22-15/h2-8,10,12H,9,11H2,1H3,(H,19,21)/b5-3+/t12-/m1/s1. The van der Waals surface area contributed by atoms with Crippen LogP contribution in [0.25, 0.3) is 6.08 Å².